The fourth-order valence-electron chi connectivity index (χ4n) is 3.34. The lowest BCUT2D eigenvalue weighted by atomic mass is 9.96. The van der Waals surface area contributed by atoms with E-state index in [-0.39, 0.29) is 23.6 Å². The Morgan fingerprint density at radius 2 is 1.86 bits per heavy atom. The third-order valence-electron chi connectivity index (χ3n) is 4.41. The summed E-state index contributed by atoms with van der Waals surface area (Å²) in [5.41, 5.74) is 0.995. The molecular formula is C17H20N2O2. The van der Waals surface area contributed by atoms with Gasteiger partial charge in [-0.25, -0.2) is 0 Å². The first-order chi connectivity index (χ1) is 10.1. The number of pyridine rings is 1. The van der Waals surface area contributed by atoms with Crippen molar-refractivity contribution < 1.29 is 4.79 Å². The molecule has 3 rings (SSSR count). The number of likely N-dealkylation sites (tertiary alicyclic amines) is 1. The lowest BCUT2D eigenvalue weighted by molar-refractivity contribution is 0.0512. The van der Waals surface area contributed by atoms with Gasteiger partial charge in [0.2, 0.25) is 5.56 Å². The van der Waals surface area contributed by atoms with E-state index in [2.05, 4.69) is 18.8 Å². The number of benzene rings is 1. The van der Waals surface area contributed by atoms with Crippen LogP contribution in [0.25, 0.3) is 10.9 Å². The van der Waals surface area contributed by atoms with Crippen molar-refractivity contribution in [1.82, 2.24) is 9.88 Å². The largest absolute Gasteiger partial charge is 0.333 e. The molecule has 1 aliphatic heterocycles. The fraction of sp³-hybridized carbons (Fsp3) is 0.412. The molecular weight excluding hydrogens is 264 g/mol. The highest BCUT2D eigenvalue weighted by molar-refractivity contribution is 6.06. The van der Waals surface area contributed by atoms with Crippen molar-refractivity contribution in [2.75, 3.05) is 0 Å². The Hall–Kier alpha value is -2.10. The van der Waals surface area contributed by atoms with E-state index in [9.17, 15) is 9.59 Å². The van der Waals surface area contributed by atoms with Gasteiger partial charge in [-0.3, -0.25) is 9.59 Å². The van der Waals surface area contributed by atoms with Crippen LogP contribution in [0.1, 0.15) is 43.5 Å². The van der Waals surface area contributed by atoms with E-state index in [0.717, 1.165) is 24.6 Å². The van der Waals surface area contributed by atoms with E-state index in [1.54, 1.807) is 0 Å². The number of H-pyrrole nitrogens is 1. The molecule has 0 spiro atoms. The Kier molecular flexibility index (Phi) is 3.53. The summed E-state index contributed by atoms with van der Waals surface area (Å²) in [6, 6.07) is 9.34. The van der Waals surface area contributed by atoms with E-state index in [4.69, 9.17) is 0 Å². The highest BCUT2D eigenvalue weighted by atomic mass is 16.2. The number of amides is 1. The van der Waals surface area contributed by atoms with Gasteiger partial charge in [-0.1, -0.05) is 18.2 Å². The first-order valence-corrected chi connectivity index (χ1v) is 7.52. The lowest BCUT2D eigenvalue weighted by Crippen LogP contribution is -2.47. The van der Waals surface area contributed by atoms with E-state index in [0.29, 0.717) is 11.1 Å². The van der Waals surface area contributed by atoms with E-state index in [1.165, 1.54) is 6.07 Å². The van der Waals surface area contributed by atoms with Gasteiger partial charge >= 0.3 is 0 Å². The first kappa shape index (κ1) is 13.9. The lowest BCUT2D eigenvalue weighted by Gasteiger charge is -2.39. The average molecular weight is 284 g/mol. The number of nitrogens with zero attached hydrogens (tertiary/aromatic N) is 1. The van der Waals surface area contributed by atoms with Crippen LogP contribution in [0.3, 0.4) is 0 Å². The zero-order valence-corrected chi connectivity index (χ0v) is 12.4. The molecule has 0 aliphatic carbocycles. The molecule has 2 heterocycles. The van der Waals surface area contributed by atoms with Gasteiger partial charge in [-0.15, -0.1) is 0 Å². The minimum Gasteiger partial charge on any atom is -0.333 e. The van der Waals surface area contributed by atoms with Gasteiger partial charge in [-0.05, 0) is 39.2 Å². The van der Waals surface area contributed by atoms with Gasteiger partial charge < -0.3 is 9.88 Å². The molecule has 2 unspecified atom stereocenters. The smallest absolute Gasteiger partial charge is 0.255 e. The molecule has 1 amide bonds. The van der Waals surface area contributed by atoms with Crippen molar-refractivity contribution in [2.24, 2.45) is 0 Å². The third-order valence-corrected chi connectivity index (χ3v) is 4.41. The molecule has 4 nitrogen and oxygen atoms in total. The number of fused-ring (bicyclic) bond motifs is 1. The number of piperidine rings is 1. The molecule has 1 aromatic heterocycles. The van der Waals surface area contributed by atoms with Gasteiger partial charge in [0.1, 0.15) is 0 Å². The van der Waals surface area contributed by atoms with E-state index in [1.807, 2.05) is 29.2 Å². The average Bonchev–Trinajstić information content (AvgIpc) is 2.46. The Balaban J connectivity index is 2.11. The Morgan fingerprint density at radius 3 is 2.57 bits per heavy atom. The maximum Gasteiger partial charge on any atom is 0.255 e. The maximum absolute atomic E-state index is 13.0. The predicted molar refractivity (Wildman–Crippen MR) is 83.5 cm³/mol. The van der Waals surface area contributed by atoms with Crippen LogP contribution in [0.15, 0.2) is 35.1 Å². The normalized spacial score (nSPS) is 22.5. The Morgan fingerprint density at radius 1 is 1.19 bits per heavy atom. The predicted octanol–water partition coefficient (Wildman–Crippen LogP) is 2.93. The van der Waals surface area contributed by atoms with Crippen LogP contribution in [0.4, 0.5) is 0 Å². The summed E-state index contributed by atoms with van der Waals surface area (Å²) < 4.78 is 0. The van der Waals surface area contributed by atoms with Crippen LogP contribution in [-0.2, 0) is 0 Å². The summed E-state index contributed by atoms with van der Waals surface area (Å²) >= 11 is 0. The summed E-state index contributed by atoms with van der Waals surface area (Å²) in [4.78, 5) is 29.5. The standard InChI is InChI=1S/C17H20N2O2/c1-11-6-5-7-12(2)19(11)17(21)14-10-16(20)18-15-9-4-3-8-13(14)15/h3-4,8-12H,5-7H2,1-2H3,(H,18,20). The molecule has 1 saturated heterocycles. The molecule has 0 radical (unpaired) electrons. The highest BCUT2D eigenvalue weighted by Crippen LogP contribution is 2.26. The molecule has 1 aliphatic rings. The van der Waals surface area contributed by atoms with Crippen LogP contribution in [0.2, 0.25) is 0 Å². The van der Waals surface area contributed by atoms with E-state index < -0.39 is 0 Å². The minimum atomic E-state index is -0.227. The molecule has 0 bridgehead atoms. The second-order valence-corrected chi connectivity index (χ2v) is 5.93. The molecule has 2 atom stereocenters. The SMILES string of the molecule is CC1CCCC(C)N1C(=O)c1cc(=O)[nH]c2ccccc12. The number of nitrogens with one attached hydrogen (secondary N) is 1. The Labute approximate surface area is 123 Å². The van der Waals surface area contributed by atoms with Gasteiger partial charge in [0.25, 0.3) is 5.91 Å². The monoisotopic (exact) mass is 284 g/mol. The quantitative estimate of drug-likeness (QED) is 0.875. The number of hydrogen-bond donors (Lipinski definition) is 1. The fourth-order valence-corrected chi connectivity index (χ4v) is 3.34. The molecule has 1 N–H and O–H groups in total. The number of aromatic amines is 1. The molecule has 0 saturated carbocycles. The second-order valence-electron chi connectivity index (χ2n) is 5.93. The van der Waals surface area contributed by atoms with Crippen molar-refractivity contribution >= 4 is 16.8 Å². The zero-order chi connectivity index (χ0) is 15.0. The van der Waals surface area contributed by atoms with Crippen molar-refractivity contribution in [2.45, 2.75) is 45.2 Å². The van der Waals surface area contributed by atoms with Crippen LogP contribution >= 0.6 is 0 Å². The third kappa shape index (κ3) is 2.46. The Bertz CT molecular complexity index is 725. The molecule has 2 aromatic rings. The number of aromatic nitrogens is 1. The summed E-state index contributed by atoms with van der Waals surface area (Å²) in [5.74, 6) is -0.0306. The number of rotatable bonds is 1. The van der Waals surface area contributed by atoms with Crippen LogP contribution in [-0.4, -0.2) is 27.9 Å². The molecule has 1 aromatic carbocycles. The summed E-state index contributed by atoms with van der Waals surface area (Å²) in [6.45, 7) is 4.17. The number of hydrogen-bond acceptors (Lipinski definition) is 2. The molecule has 4 heteroatoms. The van der Waals surface area contributed by atoms with Crippen molar-refractivity contribution in [3.05, 3.63) is 46.2 Å². The molecule has 110 valence electrons. The highest BCUT2D eigenvalue weighted by Gasteiger charge is 2.30. The van der Waals surface area contributed by atoms with Crippen molar-refractivity contribution in [1.29, 1.82) is 0 Å². The van der Waals surface area contributed by atoms with Gasteiger partial charge in [0.15, 0.2) is 0 Å². The molecule has 1 fully saturated rings. The summed E-state index contributed by atoms with van der Waals surface area (Å²) in [5, 5.41) is 0.812. The van der Waals surface area contributed by atoms with Gasteiger partial charge in [0, 0.05) is 29.1 Å². The van der Waals surface area contributed by atoms with Gasteiger partial charge in [0.05, 0.1) is 5.56 Å². The maximum atomic E-state index is 13.0. The summed E-state index contributed by atoms with van der Waals surface area (Å²) in [7, 11) is 0. The number of para-hydroxylation sites is 1. The minimum absolute atomic E-state index is 0.0306. The van der Waals surface area contributed by atoms with Crippen LogP contribution in [0.5, 0.6) is 0 Å². The zero-order valence-electron chi connectivity index (χ0n) is 12.4. The van der Waals surface area contributed by atoms with Gasteiger partial charge in [-0.2, -0.15) is 0 Å². The van der Waals surface area contributed by atoms with E-state index >= 15 is 0 Å². The molecule has 21 heavy (non-hydrogen) atoms. The van der Waals surface area contributed by atoms with Crippen LogP contribution in [0, 0.1) is 0 Å². The van der Waals surface area contributed by atoms with Crippen LogP contribution < -0.4 is 5.56 Å². The number of carbonyl (C=O) groups excluding carboxylic acids is 1. The van der Waals surface area contributed by atoms with Crippen molar-refractivity contribution in [3.8, 4) is 0 Å². The first-order valence-electron chi connectivity index (χ1n) is 7.52. The second kappa shape index (κ2) is 5.35. The summed E-state index contributed by atoms with van der Waals surface area (Å²) in [6.07, 6.45) is 3.21. The number of carbonyl (C=O) groups is 1. The van der Waals surface area contributed by atoms with Crippen molar-refractivity contribution in [3.63, 3.8) is 0 Å². The topological polar surface area (TPSA) is 53.2 Å².